The molecule has 4 aromatic carbocycles. The minimum Gasteiger partial charge on any atom is -0.275 e. The van der Waals surface area contributed by atoms with E-state index in [1.54, 1.807) is 0 Å². The highest BCUT2D eigenvalue weighted by Crippen LogP contribution is 2.42. The molecule has 0 unspecified atom stereocenters. The predicted octanol–water partition coefficient (Wildman–Crippen LogP) is 11.6. The Bertz CT molecular complexity index is 2590. The van der Waals surface area contributed by atoms with Gasteiger partial charge in [0.1, 0.15) is 11.3 Å². The van der Waals surface area contributed by atoms with E-state index in [1.165, 1.54) is 66.8 Å². The number of aryl methyl sites for hydroxylation is 8. The summed E-state index contributed by atoms with van der Waals surface area (Å²) < 4.78 is 2.26. The molecule has 8 aromatic rings. The van der Waals surface area contributed by atoms with Gasteiger partial charge in [0.2, 0.25) is 0 Å². The average molecular weight is 637 g/mol. The topological polar surface area (TPSA) is 43.1 Å². The normalized spacial score (nSPS) is 11.7. The molecule has 0 bridgehead atoms. The molecule has 0 N–H and O–H groups in total. The summed E-state index contributed by atoms with van der Waals surface area (Å²) >= 11 is 0. The Balaban J connectivity index is 1.43. The highest BCUT2D eigenvalue weighted by molar-refractivity contribution is 6.10. The Labute approximate surface area is 288 Å². The number of benzene rings is 4. The van der Waals surface area contributed by atoms with E-state index in [9.17, 15) is 0 Å². The van der Waals surface area contributed by atoms with Crippen LogP contribution in [0.5, 0.6) is 0 Å². The molecule has 0 spiro atoms. The smallest absolute Gasteiger partial charge is 0.149 e. The maximum Gasteiger partial charge on any atom is 0.149 e. The molecule has 0 fully saturated rings. The van der Waals surface area contributed by atoms with Gasteiger partial charge in [0.25, 0.3) is 0 Å². The van der Waals surface area contributed by atoms with Crippen LogP contribution in [-0.2, 0) is 0 Å². The van der Waals surface area contributed by atoms with E-state index < -0.39 is 0 Å². The zero-order valence-corrected chi connectivity index (χ0v) is 29.5. The van der Waals surface area contributed by atoms with Gasteiger partial charge in [-0.15, -0.1) is 0 Å². The zero-order valence-electron chi connectivity index (χ0n) is 29.5. The summed E-state index contributed by atoms with van der Waals surface area (Å²) in [6.07, 6.45) is 3.72. The van der Waals surface area contributed by atoms with E-state index in [2.05, 4.69) is 133 Å². The Hall–Kier alpha value is -5.61. The van der Waals surface area contributed by atoms with Crippen molar-refractivity contribution in [3.05, 3.63) is 142 Å². The lowest BCUT2D eigenvalue weighted by Gasteiger charge is -2.17. The van der Waals surface area contributed by atoms with E-state index in [4.69, 9.17) is 15.0 Å². The van der Waals surface area contributed by atoms with Crippen LogP contribution in [0.15, 0.2) is 97.3 Å². The third kappa shape index (κ3) is 4.93. The molecule has 0 saturated carbocycles. The lowest BCUT2D eigenvalue weighted by atomic mass is 9.89. The van der Waals surface area contributed by atoms with Crippen LogP contribution in [0, 0.1) is 55.4 Å². The maximum absolute atomic E-state index is 5.49. The number of fused-ring (bicyclic) bond motifs is 6. The molecule has 0 atom stereocenters. The molecule has 4 aromatic heterocycles. The summed E-state index contributed by atoms with van der Waals surface area (Å²) in [6, 6.07) is 31.1. The van der Waals surface area contributed by atoms with Gasteiger partial charge in [0.15, 0.2) is 0 Å². The van der Waals surface area contributed by atoms with Gasteiger partial charge in [-0.1, -0.05) is 71.8 Å². The standard InChI is InChI=1S/C45H40N4/c1-25-19-29(5)39(30(6)20-25)33-13-15-35(27(3)23-33)42-43(36-16-14-34(24-28(36)4)40-31(7)21-26(2)22-32(40)8)49-44-37(11-10-18-47-44)41-38(45(49)48-42)12-9-17-46-41/h9-24H,1-8H3. The van der Waals surface area contributed by atoms with Crippen molar-refractivity contribution < 1.29 is 0 Å². The summed E-state index contributed by atoms with van der Waals surface area (Å²) in [6.45, 7) is 17.6. The van der Waals surface area contributed by atoms with E-state index in [0.29, 0.717) is 0 Å². The molecule has 4 nitrogen and oxygen atoms in total. The van der Waals surface area contributed by atoms with Crippen LogP contribution in [0.1, 0.15) is 44.5 Å². The van der Waals surface area contributed by atoms with Crippen molar-refractivity contribution >= 4 is 27.6 Å². The van der Waals surface area contributed by atoms with Crippen LogP contribution in [0.4, 0.5) is 0 Å². The fourth-order valence-electron chi connectivity index (χ4n) is 8.24. The summed E-state index contributed by atoms with van der Waals surface area (Å²) in [4.78, 5) is 15.3. The van der Waals surface area contributed by atoms with Crippen LogP contribution in [0.2, 0.25) is 0 Å². The molecule has 49 heavy (non-hydrogen) atoms. The summed E-state index contributed by atoms with van der Waals surface area (Å²) in [5, 5.41) is 2.02. The molecule has 0 amide bonds. The summed E-state index contributed by atoms with van der Waals surface area (Å²) in [5.74, 6) is 0. The highest BCUT2D eigenvalue weighted by Gasteiger charge is 2.24. The average Bonchev–Trinajstić information content (AvgIpc) is 3.44. The molecule has 0 saturated heterocycles. The number of pyridine rings is 3. The SMILES string of the molecule is Cc1cc(C)c(-c2ccc(-c3nc4c5cccnc5c5cccnc5n4c3-c3ccc(-c4c(C)cc(C)cc4C)cc3C)c(C)c2)c(C)c1. The molecule has 4 heterocycles. The zero-order chi connectivity index (χ0) is 34.1. The van der Waals surface area contributed by atoms with E-state index >= 15 is 0 Å². The van der Waals surface area contributed by atoms with Crippen molar-refractivity contribution in [2.75, 3.05) is 0 Å². The van der Waals surface area contributed by atoms with E-state index in [1.807, 2.05) is 24.5 Å². The van der Waals surface area contributed by atoms with Gasteiger partial charge in [0, 0.05) is 34.3 Å². The van der Waals surface area contributed by atoms with Gasteiger partial charge in [-0.25, -0.2) is 9.97 Å². The quantitative estimate of drug-likeness (QED) is 0.181. The minimum atomic E-state index is 0.853. The maximum atomic E-state index is 5.49. The van der Waals surface area contributed by atoms with Crippen molar-refractivity contribution in [3.63, 3.8) is 0 Å². The van der Waals surface area contributed by atoms with Gasteiger partial charge in [-0.2, -0.15) is 0 Å². The fourth-order valence-corrected chi connectivity index (χ4v) is 8.24. The summed E-state index contributed by atoms with van der Waals surface area (Å²) in [5.41, 5.74) is 22.1. The van der Waals surface area contributed by atoms with Crippen LogP contribution < -0.4 is 0 Å². The van der Waals surface area contributed by atoms with Gasteiger partial charge in [-0.05, 0) is 135 Å². The molecular weight excluding hydrogens is 597 g/mol. The second kappa shape index (κ2) is 11.5. The third-order valence-corrected chi connectivity index (χ3v) is 10.1. The van der Waals surface area contributed by atoms with Crippen LogP contribution in [0.3, 0.4) is 0 Å². The fraction of sp³-hybridized carbons (Fsp3) is 0.178. The number of nitrogens with zero attached hydrogens (tertiary/aromatic N) is 4. The first-order chi connectivity index (χ1) is 23.6. The van der Waals surface area contributed by atoms with Crippen molar-refractivity contribution in [1.29, 1.82) is 0 Å². The molecule has 240 valence electrons. The van der Waals surface area contributed by atoms with Crippen LogP contribution in [-0.4, -0.2) is 19.4 Å². The Morgan fingerprint density at radius 2 is 0.959 bits per heavy atom. The third-order valence-electron chi connectivity index (χ3n) is 10.1. The Morgan fingerprint density at radius 3 is 1.49 bits per heavy atom. The highest BCUT2D eigenvalue weighted by atomic mass is 15.1. The number of aromatic nitrogens is 4. The van der Waals surface area contributed by atoms with Crippen molar-refractivity contribution in [3.8, 4) is 44.8 Å². The first kappa shape index (κ1) is 30.7. The molecular formula is C45H40N4. The van der Waals surface area contributed by atoms with Crippen LogP contribution >= 0.6 is 0 Å². The van der Waals surface area contributed by atoms with Gasteiger partial charge in [0.05, 0.1) is 16.9 Å². The largest absolute Gasteiger partial charge is 0.275 e. The second-order valence-corrected chi connectivity index (χ2v) is 13.8. The molecule has 0 aliphatic rings. The number of rotatable bonds is 4. The van der Waals surface area contributed by atoms with Crippen molar-refractivity contribution in [2.45, 2.75) is 55.4 Å². The Kier molecular flexibility index (Phi) is 7.22. The van der Waals surface area contributed by atoms with Crippen LogP contribution in [0.25, 0.3) is 72.4 Å². The molecule has 0 radical (unpaired) electrons. The van der Waals surface area contributed by atoms with E-state index in [-0.39, 0.29) is 0 Å². The summed E-state index contributed by atoms with van der Waals surface area (Å²) in [7, 11) is 0. The molecule has 8 rings (SSSR count). The van der Waals surface area contributed by atoms with Crippen molar-refractivity contribution in [1.82, 2.24) is 19.4 Å². The van der Waals surface area contributed by atoms with Crippen molar-refractivity contribution in [2.24, 2.45) is 0 Å². The van der Waals surface area contributed by atoms with Gasteiger partial charge >= 0.3 is 0 Å². The number of imidazole rings is 1. The lowest BCUT2D eigenvalue weighted by Crippen LogP contribution is -1.99. The predicted molar refractivity (Wildman–Crippen MR) is 205 cm³/mol. The first-order valence-corrected chi connectivity index (χ1v) is 17.0. The number of hydrogen-bond donors (Lipinski definition) is 0. The van der Waals surface area contributed by atoms with E-state index in [0.717, 1.165) is 50.1 Å². The minimum absolute atomic E-state index is 0.853. The monoisotopic (exact) mass is 636 g/mol. The molecule has 4 heteroatoms. The van der Waals surface area contributed by atoms with Gasteiger partial charge < -0.3 is 0 Å². The number of hydrogen-bond acceptors (Lipinski definition) is 3. The molecule has 0 aliphatic heterocycles. The Morgan fingerprint density at radius 1 is 0.469 bits per heavy atom. The molecule has 0 aliphatic carbocycles. The second-order valence-electron chi connectivity index (χ2n) is 13.8. The first-order valence-electron chi connectivity index (χ1n) is 17.0. The van der Waals surface area contributed by atoms with Gasteiger partial charge in [-0.3, -0.25) is 9.38 Å². The lowest BCUT2D eigenvalue weighted by molar-refractivity contribution is 1.19.